The zero-order chi connectivity index (χ0) is 30.5. The van der Waals surface area contributed by atoms with Gasteiger partial charge in [0.2, 0.25) is 6.41 Å². The molecular formula is C31H42FN3O6. The van der Waals surface area contributed by atoms with Gasteiger partial charge in [0, 0.05) is 12.1 Å². The van der Waals surface area contributed by atoms with Crippen LogP contribution in [-0.2, 0) is 15.7 Å². The molecule has 1 atom stereocenters. The lowest BCUT2D eigenvalue weighted by Crippen LogP contribution is -2.38. The van der Waals surface area contributed by atoms with E-state index in [1.54, 1.807) is 11.8 Å². The number of aliphatic hydroxyl groups is 2. The minimum absolute atomic E-state index is 0.0356. The summed E-state index contributed by atoms with van der Waals surface area (Å²) in [6.07, 6.45) is 1.18. The summed E-state index contributed by atoms with van der Waals surface area (Å²) in [7, 11) is 0. The van der Waals surface area contributed by atoms with Crippen molar-refractivity contribution in [2.75, 3.05) is 32.9 Å². The molecular weight excluding hydrogens is 529 g/mol. The molecule has 0 saturated heterocycles. The lowest BCUT2D eigenvalue weighted by atomic mass is 9.84. The molecule has 1 saturated carbocycles. The van der Waals surface area contributed by atoms with E-state index >= 15 is 4.39 Å². The Bertz CT molecular complexity index is 1290. The van der Waals surface area contributed by atoms with E-state index in [2.05, 4.69) is 32.2 Å². The monoisotopic (exact) mass is 571 g/mol. The van der Waals surface area contributed by atoms with Crippen molar-refractivity contribution >= 4 is 18.0 Å². The zero-order valence-electron chi connectivity index (χ0n) is 24.8. The summed E-state index contributed by atoms with van der Waals surface area (Å²) < 4.78 is 26.8. The Labute approximate surface area is 241 Å². The number of nitrogens with zero attached hydrogens (tertiary/aromatic N) is 1. The fourth-order valence-electron chi connectivity index (χ4n) is 4.99. The fourth-order valence-corrected chi connectivity index (χ4v) is 4.99. The predicted molar refractivity (Wildman–Crippen MR) is 155 cm³/mol. The van der Waals surface area contributed by atoms with E-state index in [1.165, 1.54) is 0 Å². The molecule has 2 aromatic rings. The normalized spacial score (nSPS) is 15.5. The lowest BCUT2D eigenvalue weighted by Gasteiger charge is -2.26. The highest BCUT2D eigenvalue weighted by atomic mass is 19.1. The molecule has 1 unspecified atom stereocenters. The molecule has 10 heteroatoms. The number of halogens is 1. The van der Waals surface area contributed by atoms with Crippen LogP contribution in [0.15, 0.2) is 24.3 Å². The zero-order valence-corrected chi connectivity index (χ0v) is 24.8. The second kappa shape index (κ2) is 13.0. The van der Waals surface area contributed by atoms with E-state index in [9.17, 15) is 9.59 Å². The molecule has 1 fully saturated rings. The molecule has 1 amide bonds. The number of carbonyl (C=O) groups is 2. The van der Waals surface area contributed by atoms with Gasteiger partial charge in [-0.25, -0.2) is 4.39 Å². The topological polar surface area (TPSA) is 132 Å². The van der Waals surface area contributed by atoms with Crippen molar-refractivity contribution in [3.8, 4) is 11.5 Å². The van der Waals surface area contributed by atoms with Gasteiger partial charge in [-0.05, 0) is 68.4 Å². The summed E-state index contributed by atoms with van der Waals surface area (Å²) in [6, 6.07) is 7.75. The molecule has 2 aromatic carbocycles. The van der Waals surface area contributed by atoms with Gasteiger partial charge >= 0.3 is 0 Å². The Morgan fingerprint density at radius 1 is 1.20 bits per heavy atom. The van der Waals surface area contributed by atoms with Crippen molar-refractivity contribution in [1.29, 1.82) is 5.41 Å². The van der Waals surface area contributed by atoms with Crippen LogP contribution < -0.4 is 14.8 Å². The third-order valence-electron chi connectivity index (χ3n) is 7.24. The molecule has 0 bridgehead atoms. The molecule has 4 N–H and O–H groups in total. The highest BCUT2D eigenvalue weighted by Crippen LogP contribution is 2.58. The van der Waals surface area contributed by atoms with Crippen molar-refractivity contribution in [3.63, 3.8) is 0 Å². The summed E-state index contributed by atoms with van der Waals surface area (Å²) in [6.45, 7) is 12.5. The lowest BCUT2D eigenvalue weighted by molar-refractivity contribution is -0.110. The number of Topliss-reactive ketones (excluding diaryl/α,β-unsaturated/α-hetero) is 1. The Kier molecular flexibility index (Phi) is 10.1. The minimum Gasteiger partial charge on any atom is -0.490 e. The van der Waals surface area contributed by atoms with Crippen molar-refractivity contribution in [3.05, 3.63) is 57.9 Å². The van der Waals surface area contributed by atoms with Gasteiger partial charge in [-0.2, -0.15) is 0 Å². The number of hydrogen-bond acceptors (Lipinski definition) is 7. The number of amidine groups is 1. The first-order valence-electron chi connectivity index (χ1n) is 13.9. The number of nitrogens with one attached hydrogen (secondary N) is 2. The third-order valence-corrected chi connectivity index (χ3v) is 7.24. The molecule has 41 heavy (non-hydrogen) atoms. The van der Waals surface area contributed by atoms with Crippen molar-refractivity contribution in [1.82, 2.24) is 10.2 Å². The Hall–Kier alpha value is -3.50. The Morgan fingerprint density at radius 2 is 1.85 bits per heavy atom. The number of benzene rings is 2. The summed E-state index contributed by atoms with van der Waals surface area (Å²) in [5.74, 6) is -0.198. The van der Waals surface area contributed by atoms with Crippen LogP contribution in [0.4, 0.5) is 4.39 Å². The Balaban J connectivity index is 0.000000507. The predicted octanol–water partition coefficient (Wildman–Crippen LogP) is 3.83. The first-order valence-corrected chi connectivity index (χ1v) is 13.9. The van der Waals surface area contributed by atoms with Gasteiger partial charge in [0.15, 0.2) is 23.1 Å². The van der Waals surface area contributed by atoms with Crippen LogP contribution in [0.3, 0.4) is 0 Å². The van der Waals surface area contributed by atoms with Crippen LogP contribution in [0.2, 0.25) is 0 Å². The summed E-state index contributed by atoms with van der Waals surface area (Å²) in [4.78, 5) is 24.7. The molecule has 0 radical (unpaired) electrons. The number of fused-ring (bicyclic) bond motifs is 2. The maximum Gasteiger partial charge on any atom is 0.207 e. The number of rotatable bonds is 11. The van der Waals surface area contributed by atoms with E-state index in [4.69, 9.17) is 25.1 Å². The van der Waals surface area contributed by atoms with Crippen LogP contribution in [0, 0.1) is 18.2 Å². The maximum atomic E-state index is 15.6. The molecule has 9 nitrogen and oxygen atoms in total. The molecule has 4 rings (SSSR count). The Morgan fingerprint density at radius 3 is 2.39 bits per heavy atom. The van der Waals surface area contributed by atoms with Crippen LogP contribution in [-0.4, -0.2) is 72.2 Å². The number of aliphatic hydroxyl groups excluding tert-OH is 2. The van der Waals surface area contributed by atoms with Crippen molar-refractivity contribution in [2.24, 2.45) is 0 Å². The maximum absolute atomic E-state index is 15.6. The van der Waals surface area contributed by atoms with Crippen molar-refractivity contribution in [2.45, 2.75) is 71.4 Å². The van der Waals surface area contributed by atoms with Crippen LogP contribution >= 0.6 is 0 Å². The number of aryl methyl sites for hydroxylation is 1. The van der Waals surface area contributed by atoms with Gasteiger partial charge in [0.05, 0.1) is 43.6 Å². The van der Waals surface area contributed by atoms with Gasteiger partial charge in [-0.1, -0.05) is 32.4 Å². The van der Waals surface area contributed by atoms with Gasteiger partial charge in [-0.15, -0.1) is 0 Å². The van der Waals surface area contributed by atoms with E-state index in [1.807, 2.05) is 32.0 Å². The van der Waals surface area contributed by atoms with E-state index in [-0.39, 0.29) is 48.0 Å². The highest BCUT2D eigenvalue weighted by molar-refractivity contribution is 6.07. The smallest absolute Gasteiger partial charge is 0.207 e. The van der Waals surface area contributed by atoms with Crippen LogP contribution in [0.1, 0.15) is 80.1 Å². The minimum atomic E-state index is -0.833. The molecule has 0 aromatic heterocycles. The fraction of sp³-hybridized carbons (Fsp3) is 0.516. The quantitative estimate of drug-likeness (QED) is 0.238. The van der Waals surface area contributed by atoms with Crippen molar-refractivity contribution < 1.29 is 33.7 Å². The van der Waals surface area contributed by atoms with E-state index < -0.39 is 17.5 Å². The molecule has 224 valence electrons. The van der Waals surface area contributed by atoms with Crippen LogP contribution in [0.5, 0.6) is 11.5 Å². The second-order valence-corrected chi connectivity index (χ2v) is 11.4. The van der Waals surface area contributed by atoms with Crippen LogP contribution in [0.25, 0.3) is 0 Å². The summed E-state index contributed by atoms with van der Waals surface area (Å²) in [5.41, 5.74) is 3.11. The summed E-state index contributed by atoms with van der Waals surface area (Å²) >= 11 is 0. The molecule has 1 heterocycles. The first kappa shape index (κ1) is 32.0. The van der Waals surface area contributed by atoms with E-state index in [0.717, 1.165) is 29.5 Å². The van der Waals surface area contributed by atoms with Gasteiger partial charge in [-0.3, -0.25) is 15.0 Å². The second-order valence-electron chi connectivity index (χ2n) is 11.4. The number of ether oxygens (including phenoxy) is 2. The average Bonchev–Trinajstić information content (AvgIpc) is 3.69. The molecule has 1 aliphatic carbocycles. The summed E-state index contributed by atoms with van der Waals surface area (Å²) in [5, 5.41) is 27.7. The third kappa shape index (κ3) is 6.87. The SMILES string of the molecule is CCOc1cc2c(c(F)c1OCC)C(=N)N(CC(=O)c1cc(C)cc(C(C)(C)C)c1)C21CC1.O=CNCC(O)CO. The molecule has 1 spiro atoms. The number of carbonyl (C=O) groups excluding carboxylic acids is 2. The van der Waals surface area contributed by atoms with Gasteiger partial charge < -0.3 is 29.9 Å². The number of ketones is 1. The van der Waals surface area contributed by atoms with Gasteiger partial charge in [0.1, 0.15) is 5.84 Å². The highest BCUT2D eigenvalue weighted by Gasteiger charge is 2.58. The number of hydrogen-bond donors (Lipinski definition) is 4. The standard InChI is InChI=1S/C27H33FN2O3.C4H9NO3/c1-7-32-21-14-19-22(23(28)24(21)33-8-2)25(29)30(27(19)9-10-27)15-20(31)17-11-16(3)12-18(13-17)26(4,5)6;6-2-4(8)1-5-3-7/h11-14,29H,7-10,15H2,1-6H3;3-4,6,8H,1-2H2,(H,5,7). The largest absolute Gasteiger partial charge is 0.490 e. The molecule has 1 aliphatic heterocycles. The number of amides is 1. The van der Waals surface area contributed by atoms with E-state index in [0.29, 0.717) is 30.9 Å². The van der Waals surface area contributed by atoms with Gasteiger partial charge in [0.25, 0.3) is 0 Å². The molecule has 2 aliphatic rings. The first-order chi connectivity index (χ1) is 19.3. The average molecular weight is 572 g/mol.